The van der Waals surface area contributed by atoms with Crippen LogP contribution < -0.4 is 14.8 Å². The highest BCUT2D eigenvalue weighted by Crippen LogP contribution is 2.13. The van der Waals surface area contributed by atoms with Gasteiger partial charge < -0.3 is 14.8 Å². The van der Waals surface area contributed by atoms with E-state index in [0.717, 1.165) is 36.6 Å². The van der Waals surface area contributed by atoms with Crippen LogP contribution in [-0.4, -0.2) is 23.6 Å². The fourth-order valence-electron chi connectivity index (χ4n) is 1.80. The standard InChI is InChI=1S/C16H21N3O2/c1-3-9-17-10-13-7-8-15(11-18-13)21-12-14-5-4-6-16(19-14)20-2/h4-8,11,17H,3,9-10,12H2,1-2H3. The van der Waals surface area contributed by atoms with Crippen LogP contribution in [0.25, 0.3) is 0 Å². The topological polar surface area (TPSA) is 56.3 Å². The van der Waals surface area contributed by atoms with E-state index in [4.69, 9.17) is 9.47 Å². The lowest BCUT2D eigenvalue weighted by Gasteiger charge is -2.07. The Labute approximate surface area is 125 Å². The van der Waals surface area contributed by atoms with E-state index in [1.54, 1.807) is 13.3 Å². The first-order chi connectivity index (χ1) is 10.3. The van der Waals surface area contributed by atoms with Gasteiger partial charge in [0, 0.05) is 12.6 Å². The summed E-state index contributed by atoms with van der Waals surface area (Å²) in [5.74, 6) is 1.32. The number of ether oxygens (including phenoxy) is 2. The van der Waals surface area contributed by atoms with Gasteiger partial charge in [-0.15, -0.1) is 0 Å². The normalized spacial score (nSPS) is 10.4. The first-order valence-electron chi connectivity index (χ1n) is 7.10. The van der Waals surface area contributed by atoms with Crippen LogP contribution >= 0.6 is 0 Å². The molecule has 0 spiro atoms. The molecule has 0 aliphatic carbocycles. The molecule has 0 saturated carbocycles. The van der Waals surface area contributed by atoms with E-state index in [-0.39, 0.29) is 0 Å². The molecule has 0 radical (unpaired) electrons. The summed E-state index contributed by atoms with van der Waals surface area (Å²) in [6, 6.07) is 9.50. The molecule has 2 aromatic rings. The van der Waals surface area contributed by atoms with E-state index < -0.39 is 0 Å². The molecule has 0 aliphatic heterocycles. The van der Waals surface area contributed by atoms with Crippen molar-refractivity contribution in [3.63, 3.8) is 0 Å². The van der Waals surface area contributed by atoms with Crippen LogP contribution in [0.5, 0.6) is 11.6 Å². The molecular weight excluding hydrogens is 266 g/mol. The van der Waals surface area contributed by atoms with Gasteiger partial charge in [0.25, 0.3) is 0 Å². The number of methoxy groups -OCH3 is 1. The number of nitrogens with one attached hydrogen (secondary N) is 1. The van der Waals surface area contributed by atoms with Gasteiger partial charge in [-0.1, -0.05) is 13.0 Å². The van der Waals surface area contributed by atoms with Crippen molar-refractivity contribution in [1.82, 2.24) is 15.3 Å². The Morgan fingerprint density at radius 3 is 2.76 bits per heavy atom. The van der Waals surface area contributed by atoms with Crippen molar-refractivity contribution in [1.29, 1.82) is 0 Å². The Hall–Kier alpha value is -2.14. The molecule has 2 heterocycles. The monoisotopic (exact) mass is 287 g/mol. The van der Waals surface area contributed by atoms with Crippen molar-refractivity contribution in [2.45, 2.75) is 26.5 Å². The van der Waals surface area contributed by atoms with Crippen molar-refractivity contribution in [3.8, 4) is 11.6 Å². The zero-order chi connectivity index (χ0) is 14.9. The molecule has 0 bridgehead atoms. The van der Waals surface area contributed by atoms with E-state index in [0.29, 0.717) is 12.5 Å². The second-order valence-corrected chi connectivity index (χ2v) is 4.62. The summed E-state index contributed by atoms with van der Waals surface area (Å²) in [5.41, 5.74) is 1.83. The Balaban J connectivity index is 1.85. The maximum atomic E-state index is 5.67. The molecule has 0 atom stereocenters. The zero-order valence-electron chi connectivity index (χ0n) is 12.5. The Morgan fingerprint density at radius 1 is 1.14 bits per heavy atom. The average molecular weight is 287 g/mol. The lowest BCUT2D eigenvalue weighted by Crippen LogP contribution is -2.14. The highest BCUT2D eigenvalue weighted by Gasteiger charge is 2.01. The van der Waals surface area contributed by atoms with Gasteiger partial charge in [0.2, 0.25) is 5.88 Å². The highest BCUT2D eigenvalue weighted by atomic mass is 16.5. The molecule has 2 aromatic heterocycles. The predicted octanol–water partition coefficient (Wildman–Crippen LogP) is 2.56. The lowest BCUT2D eigenvalue weighted by atomic mass is 10.3. The van der Waals surface area contributed by atoms with Gasteiger partial charge in [-0.05, 0) is 31.2 Å². The quantitative estimate of drug-likeness (QED) is 0.756. The number of rotatable bonds is 8. The minimum atomic E-state index is 0.395. The summed E-state index contributed by atoms with van der Waals surface area (Å²) in [6.45, 7) is 4.32. The summed E-state index contributed by atoms with van der Waals surface area (Å²) < 4.78 is 10.8. The fraction of sp³-hybridized carbons (Fsp3) is 0.375. The number of pyridine rings is 2. The van der Waals surface area contributed by atoms with Crippen molar-refractivity contribution in [2.75, 3.05) is 13.7 Å². The van der Waals surface area contributed by atoms with Gasteiger partial charge in [0.15, 0.2) is 0 Å². The molecule has 1 N–H and O–H groups in total. The SMILES string of the molecule is CCCNCc1ccc(OCc2cccc(OC)n2)cn1. The highest BCUT2D eigenvalue weighted by molar-refractivity contribution is 5.21. The van der Waals surface area contributed by atoms with Crippen LogP contribution in [0, 0.1) is 0 Å². The number of aromatic nitrogens is 2. The summed E-state index contributed by atoms with van der Waals surface area (Å²) in [6.07, 6.45) is 2.86. The molecule has 2 rings (SSSR count). The molecule has 5 heteroatoms. The molecule has 0 aromatic carbocycles. The molecule has 0 saturated heterocycles. The Bertz CT molecular complexity index is 543. The molecular formula is C16H21N3O2. The van der Waals surface area contributed by atoms with Gasteiger partial charge in [0.1, 0.15) is 12.4 Å². The van der Waals surface area contributed by atoms with E-state index in [1.165, 1.54) is 0 Å². The molecule has 0 fully saturated rings. The molecule has 0 amide bonds. The third kappa shape index (κ3) is 5.04. The minimum absolute atomic E-state index is 0.395. The molecule has 21 heavy (non-hydrogen) atoms. The Kier molecular flexibility index (Phi) is 5.97. The largest absolute Gasteiger partial charge is 0.486 e. The summed E-state index contributed by atoms with van der Waals surface area (Å²) in [4.78, 5) is 8.66. The van der Waals surface area contributed by atoms with Crippen LogP contribution in [0.4, 0.5) is 0 Å². The van der Waals surface area contributed by atoms with E-state index in [9.17, 15) is 0 Å². The second kappa shape index (κ2) is 8.21. The molecule has 0 unspecified atom stereocenters. The van der Waals surface area contributed by atoms with E-state index in [2.05, 4.69) is 22.2 Å². The van der Waals surface area contributed by atoms with E-state index >= 15 is 0 Å². The van der Waals surface area contributed by atoms with E-state index in [1.807, 2.05) is 30.3 Å². The third-order valence-electron chi connectivity index (χ3n) is 2.91. The van der Waals surface area contributed by atoms with Gasteiger partial charge in [0.05, 0.1) is 24.7 Å². The van der Waals surface area contributed by atoms with Crippen molar-refractivity contribution in [2.24, 2.45) is 0 Å². The summed E-state index contributed by atoms with van der Waals surface area (Å²) in [5, 5.41) is 3.31. The third-order valence-corrected chi connectivity index (χ3v) is 2.91. The van der Waals surface area contributed by atoms with Gasteiger partial charge >= 0.3 is 0 Å². The zero-order valence-corrected chi connectivity index (χ0v) is 12.5. The summed E-state index contributed by atoms with van der Waals surface area (Å²) in [7, 11) is 1.60. The van der Waals surface area contributed by atoms with Crippen molar-refractivity contribution >= 4 is 0 Å². The second-order valence-electron chi connectivity index (χ2n) is 4.62. The van der Waals surface area contributed by atoms with Crippen LogP contribution in [0.2, 0.25) is 0 Å². The van der Waals surface area contributed by atoms with Crippen LogP contribution in [0.1, 0.15) is 24.7 Å². The average Bonchev–Trinajstić information content (AvgIpc) is 2.54. The van der Waals surface area contributed by atoms with Crippen LogP contribution in [0.15, 0.2) is 36.5 Å². The number of hydrogen-bond donors (Lipinski definition) is 1. The first kappa shape index (κ1) is 15.3. The molecule has 112 valence electrons. The van der Waals surface area contributed by atoms with Gasteiger partial charge in [-0.2, -0.15) is 0 Å². The Morgan fingerprint density at radius 2 is 2.05 bits per heavy atom. The maximum absolute atomic E-state index is 5.67. The fourth-order valence-corrected chi connectivity index (χ4v) is 1.80. The predicted molar refractivity (Wildman–Crippen MR) is 81.4 cm³/mol. The number of hydrogen-bond acceptors (Lipinski definition) is 5. The molecule has 5 nitrogen and oxygen atoms in total. The maximum Gasteiger partial charge on any atom is 0.213 e. The lowest BCUT2D eigenvalue weighted by molar-refractivity contribution is 0.296. The smallest absolute Gasteiger partial charge is 0.213 e. The van der Waals surface area contributed by atoms with Crippen molar-refractivity contribution in [3.05, 3.63) is 47.9 Å². The minimum Gasteiger partial charge on any atom is -0.486 e. The molecule has 0 aliphatic rings. The van der Waals surface area contributed by atoms with Crippen molar-refractivity contribution < 1.29 is 9.47 Å². The first-order valence-corrected chi connectivity index (χ1v) is 7.10. The number of nitrogens with zero attached hydrogens (tertiary/aromatic N) is 2. The summed E-state index contributed by atoms with van der Waals surface area (Å²) >= 11 is 0. The van der Waals surface area contributed by atoms with Gasteiger partial charge in [-0.25, -0.2) is 4.98 Å². The van der Waals surface area contributed by atoms with Crippen LogP contribution in [-0.2, 0) is 13.2 Å². The van der Waals surface area contributed by atoms with Gasteiger partial charge in [-0.3, -0.25) is 4.98 Å². The van der Waals surface area contributed by atoms with Crippen LogP contribution in [0.3, 0.4) is 0 Å².